The summed E-state index contributed by atoms with van der Waals surface area (Å²) >= 11 is 0. The summed E-state index contributed by atoms with van der Waals surface area (Å²) in [7, 11) is 2.11. The fraction of sp³-hybridized carbons (Fsp3) is 0.533. The first-order valence-corrected chi connectivity index (χ1v) is 6.40. The molecule has 2 rings (SSSR count). The number of aliphatic carboxylic acids is 1. The molecule has 1 aromatic carbocycles. The van der Waals surface area contributed by atoms with Gasteiger partial charge in [0, 0.05) is 19.0 Å². The molecule has 1 aliphatic heterocycles. The second kappa shape index (κ2) is 4.73. The van der Waals surface area contributed by atoms with Crippen LogP contribution in [0.5, 0.6) is 0 Å². The van der Waals surface area contributed by atoms with Crippen molar-refractivity contribution in [2.45, 2.75) is 26.2 Å². The molecule has 1 saturated heterocycles. The largest absolute Gasteiger partial charge is 0.481 e. The summed E-state index contributed by atoms with van der Waals surface area (Å²) in [6.07, 6.45) is 0.596. The number of likely N-dealkylation sites (tertiary alicyclic amines) is 1. The van der Waals surface area contributed by atoms with Crippen molar-refractivity contribution in [3.05, 3.63) is 35.4 Å². The molecule has 3 nitrogen and oxygen atoms in total. The van der Waals surface area contributed by atoms with Gasteiger partial charge in [0.2, 0.25) is 0 Å². The Labute approximate surface area is 108 Å². The van der Waals surface area contributed by atoms with Gasteiger partial charge in [0.1, 0.15) is 0 Å². The zero-order valence-corrected chi connectivity index (χ0v) is 11.3. The summed E-state index contributed by atoms with van der Waals surface area (Å²) in [5, 5.41) is 9.24. The van der Waals surface area contributed by atoms with Gasteiger partial charge < -0.3 is 10.0 Å². The quantitative estimate of drug-likeness (QED) is 0.888. The van der Waals surface area contributed by atoms with Crippen LogP contribution in [0.1, 0.15) is 30.9 Å². The third kappa shape index (κ3) is 2.56. The molecule has 0 atom stereocenters. The monoisotopic (exact) mass is 247 g/mol. The van der Waals surface area contributed by atoms with Gasteiger partial charge in [-0.05, 0) is 38.4 Å². The van der Waals surface area contributed by atoms with Gasteiger partial charge in [0.05, 0.1) is 5.41 Å². The average Bonchev–Trinajstić information content (AvgIpc) is 2.25. The van der Waals surface area contributed by atoms with Crippen molar-refractivity contribution >= 4 is 5.97 Å². The van der Waals surface area contributed by atoms with E-state index in [1.165, 1.54) is 11.1 Å². The Kier molecular flexibility index (Phi) is 3.44. The van der Waals surface area contributed by atoms with Crippen molar-refractivity contribution in [3.63, 3.8) is 0 Å². The van der Waals surface area contributed by atoms with Crippen LogP contribution in [0.2, 0.25) is 0 Å². The standard InChI is InChI=1S/C15H21NO2/c1-15(2,14(17)18)8-11-6-4-5-7-13(11)12-9-16(3)10-12/h4-7,12H,8-10H2,1-3H3,(H,17,18). The van der Waals surface area contributed by atoms with Crippen LogP contribution in [0.3, 0.4) is 0 Å². The maximum Gasteiger partial charge on any atom is 0.309 e. The Morgan fingerprint density at radius 2 is 2.00 bits per heavy atom. The summed E-state index contributed by atoms with van der Waals surface area (Å²) in [4.78, 5) is 13.5. The molecule has 1 aliphatic rings. The molecule has 0 saturated carbocycles. The summed E-state index contributed by atoms with van der Waals surface area (Å²) in [6.45, 7) is 5.73. The number of carbonyl (C=O) groups is 1. The summed E-state index contributed by atoms with van der Waals surface area (Å²) in [5.74, 6) is -0.168. The van der Waals surface area contributed by atoms with E-state index in [9.17, 15) is 9.90 Å². The molecule has 1 heterocycles. The van der Waals surface area contributed by atoms with Crippen LogP contribution in [0, 0.1) is 5.41 Å². The lowest BCUT2D eigenvalue weighted by molar-refractivity contribution is -0.146. The lowest BCUT2D eigenvalue weighted by Gasteiger charge is -2.38. The molecule has 0 spiro atoms. The normalized spacial score (nSPS) is 17.5. The predicted octanol–water partition coefficient (Wildman–Crippen LogP) is 2.37. The first-order chi connectivity index (χ1) is 8.40. The van der Waals surface area contributed by atoms with Crippen LogP contribution in [0.4, 0.5) is 0 Å². The minimum absolute atomic E-state index is 0.566. The number of carboxylic acids is 1. The molecule has 0 radical (unpaired) electrons. The number of likely N-dealkylation sites (N-methyl/N-ethyl adjacent to an activating group) is 1. The smallest absolute Gasteiger partial charge is 0.309 e. The summed E-state index contributed by atoms with van der Waals surface area (Å²) in [5.41, 5.74) is 1.80. The number of benzene rings is 1. The molecule has 0 unspecified atom stereocenters. The highest BCUT2D eigenvalue weighted by Gasteiger charge is 2.31. The van der Waals surface area contributed by atoms with Gasteiger partial charge in [0.25, 0.3) is 0 Å². The summed E-state index contributed by atoms with van der Waals surface area (Å²) in [6, 6.07) is 8.26. The Balaban J connectivity index is 2.20. The van der Waals surface area contributed by atoms with E-state index in [2.05, 4.69) is 24.1 Å². The van der Waals surface area contributed by atoms with Crippen LogP contribution in [-0.4, -0.2) is 36.1 Å². The molecule has 3 heteroatoms. The van der Waals surface area contributed by atoms with Gasteiger partial charge in [-0.2, -0.15) is 0 Å². The van der Waals surface area contributed by atoms with Gasteiger partial charge in [-0.3, -0.25) is 4.79 Å². The van der Waals surface area contributed by atoms with Crippen LogP contribution in [0.15, 0.2) is 24.3 Å². The highest BCUT2D eigenvalue weighted by atomic mass is 16.4. The van der Waals surface area contributed by atoms with Gasteiger partial charge in [-0.1, -0.05) is 24.3 Å². The highest BCUT2D eigenvalue weighted by molar-refractivity contribution is 5.74. The maximum absolute atomic E-state index is 11.2. The molecule has 1 aromatic rings. The first kappa shape index (κ1) is 13.1. The number of hydrogen-bond acceptors (Lipinski definition) is 2. The second-order valence-electron chi connectivity index (χ2n) is 5.98. The molecule has 0 bridgehead atoms. The second-order valence-corrected chi connectivity index (χ2v) is 5.98. The van der Waals surface area contributed by atoms with Crippen LogP contribution >= 0.6 is 0 Å². The van der Waals surface area contributed by atoms with E-state index in [1.807, 2.05) is 12.1 Å². The fourth-order valence-corrected chi connectivity index (χ4v) is 2.54. The highest BCUT2D eigenvalue weighted by Crippen LogP contribution is 2.32. The van der Waals surface area contributed by atoms with Gasteiger partial charge in [-0.25, -0.2) is 0 Å². The third-order valence-electron chi connectivity index (χ3n) is 3.77. The van der Waals surface area contributed by atoms with Crippen molar-refractivity contribution in [1.82, 2.24) is 4.90 Å². The fourth-order valence-electron chi connectivity index (χ4n) is 2.54. The van der Waals surface area contributed by atoms with Crippen LogP contribution in [0.25, 0.3) is 0 Å². The van der Waals surface area contributed by atoms with Crippen molar-refractivity contribution in [1.29, 1.82) is 0 Å². The van der Waals surface area contributed by atoms with E-state index in [4.69, 9.17) is 0 Å². The van der Waals surface area contributed by atoms with Crippen molar-refractivity contribution in [3.8, 4) is 0 Å². The zero-order valence-electron chi connectivity index (χ0n) is 11.3. The molecule has 0 amide bonds. The molecular weight excluding hydrogens is 226 g/mol. The number of hydrogen-bond donors (Lipinski definition) is 1. The Morgan fingerprint density at radius 1 is 1.39 bits per heavy atom. The average molecular weight is 247 g/mol. The SMILES string of the molecule is CN1CC(c2ccccc2CC(C)(C)C(=O)O)C1. The van der Waals surface area contributed by atoms with E-state index < -0.39 is 11.4 Å². The minimum Gasteiger partial charge on any atom is -0.481 e. The Hall–Kier alpha value is -1.35. The number of carboxylic acid groups (broad SMARTS) is 1. The van der Waals surface area contributed by atoms with E-state index in [0.717, 1.165) is 13.1 Å². The summed E-state index contributed by atoms with van der Waals surface area (Å²) < 4.78 is 0. The van der Waals surface area contributed by atoms with E-state index in [0.29, 0.717) is 12.3 Å². The number of rotatable bonds is 4. The molecule has 0 aromatic heterocycles. The third-order valence-corrected chi connectivity index (χ3v) is 3.77. The number of nitrogens with zero attached hydrogens (tertiary/aromatic N) is 1. The molecule has 1 N–H and O–H groups in total. The Morgan fingerprint density at radius 3 is 2.56 bits per heavy atom. The maximum atomic E-state index is 11.2. The van der Waals surface area contributed by atoms with E-state index in [-0.39, 0.29) is 0 Å². The van der Waals surface area contributed by atoms with Gasteiger partial charge >= 0.3 is 5.97 Å². The van der Waals surface area contributed by atoms with Crippen LogP contribution < -0.4 is 0 Å². The molecular formula is C15H21NO2. The topological polar surface area (TPSA) is 40.5 Å². The predicted molar refractivity (Wildman–Crippen MR) is 71.8 cm³/mol. The molecule has 0 aliphatic carbocycles. The van der Waals surface area contributed by atoms with Gasteiger partial charge in [-0.15, -0.1) is 0 Å². The molecule has 1 fully saturated rings. The van der Waals surface area contributed by atoms with Crippen molar-refractivity contribution in [2.75, 3.05) is 20.1 Å². The molecule has 98 valence electrons. The van der Waals surface area contributed by atoms with Crippen molar-refractivity contribution in [2.24, 2.45) is 5.41 Å². The lowest BCUT2D eigenvalue weighted by Crippen LogP contribution is -2.42. The first-order valence-electron chi connectivity index (χ1n) is 6.40. The van der Waals surface area contributed by atoms with Crippen molar-refractivity contribution < 1.29 is 9.90 Å². The van der Waals surface area contributed by atoms with Gasteiger partial charge in [0.15, 0.2) is 0 Å². The minimum atomic E-state index is -0.733. The molecule has 18 heavy (non-hydrogen) atoms. The van der Waals surface area contributed by atoms with E-state index >= 15 is 0 Å². The van der Waals surface area contributed by atoms with E-state index in [1.54, 1.807) is 13.8 Å². The van der Waals surface area contributed by atoms with Crippen LogP contribution in [-0.2, 0) is 11.2 Å². The Bertz CT molecular complexity index is 448. The zero-order chi connectivity index (χ0) is 13.3. The lowest BCUT2D eigenvalue weighted by atomic mass is 9.80.